The molecule has 112 valence electrons. The summed E-state index contributed by atoms with van der Waals surface area (Å²) in [5.74, 6) is 0. The van der Waals surface area contributed by atoms with E-state index in [4.69, 9.17) is 13.3 Å². The predicted octanol–water partition coefficient (Wildman–Crippen LogP) is -1.26. The third-order valence-electron chi connectivity index (χ3n) is 2.59. The fourth-order valence-corrected chi connectivity index (χ4v) is 4.53. The van der Waals surface area contributed by atoms with Gasteiger partial charge < -0.3 is 25.7 Å². The minimum absolute atomic E-state index is 0. The minimum Gasteiger partial charge on any atom is -1.00 e. The molecular weight excluding hydrogens is 284 g/mol. The molecule has 1 heterocycles. The zero-order valence-corrected chi connectivity index (χ0v) is 13.8. The van der Waals surface area contributed by atoms with Gasteiger partial charge in [-0.25, -0.2) is 4.57 Å². The zero-order valence-electron chi connectivity index (χ0n) is 12.0. The molecule has 0 fully saturated rings. The first-order valence-corrected chi connectivity index (χ1v) is 8.63. The van der Waals surface area contributed by atoms with E-state index < -0.39 is 8.80 Å². The Morgan fingerprint density at radius 2 is 1.63 bits per heavy atom. The van der Waals surface area contributed by atoms with Crippen LogP contribution in [0, 0.1) is 0 Å². The van der Waals surface area contributed by atoms with Crippen LogP contribution < -0.4 is 17.0 Å². The Morgan fingerprint density at radius 1 is 1.05 bits per heavy atom. The SMILES string of the molecule is CCO[Si](CCC[n+]1cc[nH]c1)(OCC)OCC.[Cl-]. The fourth-order valence-electron chi connectivity index (χ4n) is 1.94. The lowest BCUT2D eigenvalue weighted by atomic mass is 10.5. The van der Waals surface area contributed by atoms with Gasteiger partial charge in [-0.3, -0.25) is 4.98 Å². The van der Waals surface area contributed by atoms with Crippen molar-refractivity contribution in [2.45, 2.75) is 39.8 Å². The third-order valence-corrected chi connectivity index (χ3v) is 5.75. The van der Waals surface area contributed by atoms with Crippen molar-refractivity contribution in [3.63, 3.8) is 0 Å². The quantitative estimate of drug-likeness (QED) is 0.434. The molecule has 0 saturated carbocycles. The average molecular weight is 309 g/mol. The second-order valence-corrected chi connectivity index (χ2v) is 6.67. The Labute approximate surface area is 123 Å². The van der Waals surface area contributed by atoms with Gasteiger partial charge in [0.2, 0.25) is 6.33 Å². The normalized spacial score (nSPS) is 11.3. The fraction of sp³-hybridized carbons (Fsp3) is 0.750. The van der Waals surface area contributed by atoms with E-state index in [1.165, 1.54) is 0 Å². The van der Waals surface area contributed by atoms with Crippen molar-refractivity contribution in [2.75, 3.05) is 19.8 Å². The molecule has 0 atom stereocenters. The average Bonchev–Trinajstić information content (AvgIpc) is 2.83. The van der Waals surface area contributed by atoms with Crippen LogP contribution >= 0.6 is 0 Å². The minimum atomic E-state index is -2.45. The number of aromatic amines is 1. The highest BCUT2D eigenvalue weighted by Gasteiger charge is 2.39. The van der Waals surface area contributed by atoms with E-state index >= 15 is 0 Å². The van der Waals surface area contributed by atoms with Crippen LogP contribution in [0.5, 0.6) is 0 Å². The maximum Gasteiger partial charge on any atom is 0.501 e. The topological polar surface area (TPSA) is 47.4 Å². The Balaban J connectivity index is 0.00000324. The second-order valence-electron chi connectivity index (χ2n) is 3.93. The van der Waals surface area contributed by atoms with Gasteiger partial charge in [0.05, 0.1) is 6.54 Å². The van der Waals surface area contributed by atoms with Gasteiger partial charge in [-0.1, -0.05) is 0 Å². The first-order chi connectivity index (χ1) is 8.76. The van der Waals surface area contributed by atoms with Gasteiger partial charge in [-0.05, 0) is 27.2 Å². The number of nitrogens with one attached hydrogen (secondary N) is 1. The van der Waals surface area contributed by atoms with Crippen LogP contribution in [0.2, 0.25) is 6.04 Å². The van der Waals surface area contributed by atoms with Crippen LogP contribution in [0.15, 0.2) is 18.7 Å². The van der Waals surface area contributed by atoms with Crippen LogP contribution in [0.3, 0.4) is 0 Å². The van der Waals surface area contributed by atoms with E-state index in [0.29, 0.717) is 19.8 Å². The lowest BCUT2D eigenvalue weighted by Crippen LogP contribution is -3.00. The summed E-state index contributed by atoms with van der Waals surface area (Å²) < 4.78 is 19.5. The Hall–Kier alpha value is -0.403. The number of rotatable bonds is 10. The van der Waals surface area contributed by atoms with Crippen LogP contribution in [-0.4, -0.2) is 33.6 Å². The van der Waals surface area contributed by atoms with Gasteiger partial charge in [-0.2, -0.15) is 0 Å². The maximum absolute atomic E-state index is 5.81. The van der Waals surface area contributed by atoms with Crippen molar-refractivity contribution in [3.8, 4) is 0 Å². The van der Waals surface area contributed by atoms with Crippen molar-refractivity contribution in [1.82, 2.24) is 4.98 Å². The molecule has 0 aromatic carbocycles. The number of H-pyrrole nitrogens is 1. The van der Waals surface area contributed by atoms with E-state index in [1.54, 1.807) is 0 Å². The van der Waals surface area contributed by atoms with Crippen molar-refractivity contribution >= 4 is 8.80 Å². The van der Waals surface area contributed by atoms with E-state index in [0.717, 1.165) is 19.0 Å². The largest absolute Gasteiger partial charge is 1.00 e. The zero-order chi connectivity index (χ0) is 13.3. The molecule has 5 nitrogen and oxygen atoms in total. The summed E-state index contributed by atoms with van der Waals surface area (Å²) in [6, 6.07) is 0.862. The van der Waals surface area contributed by atoms with Crippen molar-refractivity contribution in [1.29, 1.82) is 0 Å². The summed E-state index contributed by atoms with van der Waals surface area (Å²) in [4.78, 5) is 3.03. The maximum atomic E-state index is 5.81. The molecule has 0 spiro atoms. The summed E-state index contributed by atoms with van der Waals surface area (Å²) in [5, 5.41) is 0. The highest BCUT2D eigenvalue weighted by atomic mass is 35.5. The molecule has 1 N–H and O–H groups in total. The van der Waals surface area contributed by atoms with Crippen LogP contribution in [0.25, 0.3) is 0 Å². The number of nitrogens with zero attached hydrogens (tertiary/aromatic N) is 1. The number of halogens is 1. The lowest BCUT2D eigenvalue weighted by Gasteiger charge is -2.28. The number of imidazole rings is 1. The summed E-state index contributed by atoms with van der Waals surface area (Å²) in [6.07, 6.45) is 6.88. The van der Waals surface area contributed by atoms with E-state index in [9.17, 15) is 0 Å². The summed E-state index contributed by atoms with van der Waals surface area (Å²) in [5.41, 5.74) is 0. The molecular formula is C12H25ClN2O3Si. The number of aryl methyl sites for hydroxylation is 1. The monoisotopic (exact) mass is 308 g/mol. The van der Waals surface area contributed by atoms with Gasteiger partial charge in [0.25, 0.3) is 0 Å². The predicted molar refractivity (Wildman–Crippen MR) is 71.0 cm³/mol. The van der Waals surface area contributed by atoms with Crippen LogP contribution in [0.4, 0.5) is 0 Å². The molecule has 1 aromatic rings. The van der Waals surface area contributed by atoms with E-state index in [2.05, 4.69) is 9.55 Å². The summed E-state index contributed by atoms with van der Waals surface area (Å²) in [6.45, 7) is 8.84. The Kier molecular flexibility index (Phi) is 10.2. The Morgan fingerprint density at radius 3 is 2.05 bits per heavy atom. The van der Waals surface area contributed by atoms with E-state index in [-0.39, 0.29) is 12.4 Å². The van der Waals surface area contributed by atoms with Crippen molar-refractivity contribution in [2.24, 2.45) is 0 Å². The smallest absolute Gasteiger partial charge is 0.501 e. The first kappa shape index (κ1) is 18.6. The molecule has 1 aromatic heterocycles. The molecule has 1 rings (SSSR count). The molecule has 7 heteroatoms. The number of aromatic nitrogens is 2. The van der Waals surface area contributed by atoms with Gasteiger partial charge in [0.1, 0.15) is 12.4 Å². The first-order valence-electron chi connectivity index (χ1n) is 6.70. The molecule has 0 aliphatic rings. The van der Waals surface area contributed by atoms with Crippen LogP contribution in [-0.2, 0) is 19.8 Å². The second kappa shape index (κ2) is 10.4. The molecule has 0 bridgehead atoms. The summed E-state index contributed by atoms with van der Waals surface area (Å²) >= 11 is 0. The molecule has 0 radical (unpaired) electrons. The molecule has 0 saturated heterocycles. The summed E-state index contributed by atoms with van der Waals surface area (Å²) in [7, 11) is -2.45. The molecule has 0 aliphatic carbocycles. The highest BCUT2D eigenvalue weighted by Crippen LogP contribution is 2.18. The van der Waals surface area contributed by atoms with Crippen molar-refractivity contribution in [3.05, 3.63) is 18.7 Å². The van der Waals surface area contributed by atoms with Gasteiger partial charge >= 0.3 is 8.80 Å². The van der Waals surface area contributed by atoms with E-state index in [1.807, 2.05) is 39.5 Å². The molecule has 19 heavy (non-hydrogen) atoms. The number of hydrogen-bond acceptors (Lipinski definition) is 3. The van der Waals surface area contributed by atoms with Gasteiger partial charge in [-0.15, -0.1) is 0 Å². The standard InChI is InChI=1S/C12H24N2O3Si.ClH/c1-4-15-18(16-5-2,17-6-3)11-7-9-14-10-8-13-12-14;/h8,10,12H,4-7,9,11H2,1-3H3;1H. The molecule has 0 aliphatic heterocycles. The van der Waals surface area contributed by atoms with Gasteiger partial charge in [0.15, 0.2) is 0 Å². The Bertz CT molecular complexity index is 295. The highest BCUT2D eigenvalue weighted by molar-refractivity contribution is 6.60. The van der Waals surface area contributed by atoms with Gasteiger partial charge in [0, 0.05) is 25.9 Å². The van der Waals surface area contributed by atoms with Crippen LogP contribution in [0.1, 0.15) is 27.2 Å². The van der Waals surface area contributed by atoms with Crippen molar-refractivity contribution < 1.29 is 30.3 Å². The molecule has 0 amide bonds. The third kappa shape index (κ3) is 6.53. The molecule has 0 unspecified atom stereocenters. The lowest BCUT2D eigenvalue weighted by molar-refractivity contribution is -0.695. The number of hydrogen-bond donors (Lipinski definition) is 1.